The van der Waals surface area contributed by atoms with Crippen LogP contribution in [-0.4, -0.2) is 4.98 Å². The molecule has 2 rings (SSSR count). The lowest BCUT2D eigenvalue weighted by Crippen LogP contribution is -1.83. The van der Waals surface area contributed by atoms with Crippen LogP contribution in [0.3, 0.4) is 0 Å². The summed E-state index contributed by atoms with van der Waals surface area (Å²) in [5, 5.41) is 0. The Kier molecular flexibility index (Phi) is 2.82. The van der Waals surface area contributed by atoms with E-state index in [2.05, 4.69) is 52.7 Å². The van der Waals surface area contributed by atoms with Crippen molar-refractivity contribution in [1.82, 2.24) is 4.98 Å². The second-order valence-electron chi connectivity index (χ2n) is 3.20. The van der Waals surface area contributed by atoms with Crippen LogP contribution in [0.1, 0.15) is 5.56 Å². The Bertz CT molecular complexity index is 437. The van der Waals surface area contributed by atoms with Gasteiger partial charge < -0.3 is 0 Å². The topological polar surface area (TPSA) is 12.9 Å². The van der Waals surface area contributed by atoms with Crippen molar-refractivity contribution in [2.75, 3.05) is 0 Å². The number of hydrogen-bond donors (Lipinski definition) is 0. The second kappa shape index (κ2) is 4.09. The smallest absolute Gasteiger partial charge is 0.0273 e. The molecule has 1 aromatic heterocycles. The van der Waals surface area contributed by atoms with Gasteiger partial charge in [-0.1, -0.05) is 12.1 Å². The average Bonchev–Trinajstić information content (AvgIpc) is 2.23. The van der Waals surface area contributed by atoms with Gasteiger partial charge in [0.2, 0.25) is 0 Å². The maximum absolute atomic E-state index is 4.01. The molecule has 0 amide bonds. The predicted molar refractivity (Wildman–Crippen MR) is 67.1 cm³/mol. The zero-order valence-electron chi connectivity index (χ0n) is 7.87. The van der Waals surface area contributed by atoms with Gasteiger partial charge in [0.25, 0.3) is 0 Å². The molecule has 2 aromatic rings. The van der Waals surface area contributed by atoms with E-state index in [0.717, 1.165) is 0 Å². The minimum atomic E-state index is 1.22. The minimum Gasteiger partial charge on any atom is -0.265 e. The number of aromatic nitrogens is 1. The first-order valence-corrected chi connectivity index (χ1v) is 5.52. The zero-order chi connectivity index (χ0) is 9.97. The van der Waals surface area contributed by atoms with Crippen LogP contribution in [0.4, 0.5) is 0 Å². The van der Waals surface area contributed by atoms with Gasteiger partial charge in [-0.15, -0.1) is 0 Å². The Morgan fingerprint density at radius 3 is 2.36 bits per heavy atom. The minimum absolute atomic E-state index is 1.22. The van der Waals surface area contributed by atoms with E-state index in [9.17, 15) is 0 Å². The molecule has 0 bridgehead atoms. The van der Waals surface area contributed by atoms with Crippen molar-refractivity contribution in [3.05, 3.63) is 51.9 Å². The van der Waals surface area contributed by atoms with Crippen molar-refractivity contribution in [3.63, 3.8) is 0 Å². The zero-order valence-corrected chi connectivity index (χ0v) is 10.0. The molecule has 0 N–H and O–H groups in total. The van der Waals surface area contributed by atoms with Crippen molar-refractivity contribution >= 4 is 22.6 Å². The lowest BCUT2D eigenvalue weighted by molar-refractivity contribution is 1.33. The number of benzene rings is 1. The van der Waals surface area contributed by atoms with Crippen molar-refractivity contribution < 1.29 is 0 Å². The van der Waals surface area contributed by atoms with E-state index in [1.54, 1.807) is 0 Å². The number of nitrogens with zero attached hydrogens (tertiary/aromatic N) is 1. The molecule has 0 saturated heterocycles. The third-order valence-corrected chi connectivity index (χ3v) is 3.38. The van der Waals surface area contributed by atoms with Gasteiger partial charge in [0.15, 0.2) is 0 Å². The van der Waals surface area contributed by atoms with Crippen molar-refractivity contribution in [2.24, 2.45) is 0 Å². The SMILES string of the molecule is Cc1cc(-c2ccncc2)ccc1I. The lowest BCUT2D eigenvalue weighted by atomic mass is 10.1. The Labute approximate surface area is 97.3 Å². The summed E-state index contributed by atoms with van der Waals surface area (Å²) in [6.07, 6.45) is 3.64. The molecule has 2 heteroatoms. The highest BCUT2D eigenvalue weighted by atomic mass is 127. The first-order valence-electron chi connectivity index (χ1n) is 4.44. The Morgan fingerprint density at radius 1 is 1.00 bits per heavy atom. The Balaban J connectivity index is 2.48. The van der Waals surface area contributed by atoms with Crippen LogP contribution in [0, 0.1) is 10.5 Å². The van der Waals surface area contributed by atoms with E-state index < -0.39 is 0 Å². The van der Waals surface area contributed by atoms with Gasteiger partial charge in [0.1, 0.15) is 0 Å². The van der Waals surface area contributed by atoms with E-state index >= 15 is 0 Å². The first kappa shape index (κ1) is 9.65. The van der Waals surface area contributed by atoms with Crippen LogP contribution in [0.15, 0.2) is 42.7 Å². The van der Waals surface area contributed by atoms with Gasteiger partial charge >= 0.3 is 0 Å². The maximum Gasteiger partial charge on any atom is 0.0273 e. The van der Waals surface area contributed by atoms with Gasteiger partial charge in [0, 0.05) is 16.0 Å². The molecule has 0 aliphatic heterocycles. The van der Waals surface area contributed by atoms with E-state index in [1.807, 2.05) is 24.5 Å². The molecule has 1 aromatic carbocycles. The summed E-state index contributed by atoms with van der Waals surface area (Å²) in [5.41, 5.74) is 3.80. The largest absolute Gasteiger partial charge is 0.265 e. The molecule has 1 heterocycles. The first-order chi connectivity index (χ1) is 6.77. The maximum atomic E-state index is 4.01. The molecular weight excluding hydrogens is 285 g/mol. The normalized spacial score (nSPS) is 10.1. The molecule has 0 atom stereocenters. The van der Waals surface area contributed by atoms with Crippen LogP contribution >= 0.6 is 22.6 Å². The summed E-state index contributed by atoms with van der Waals surface area (Å²) in [7, 11) is 0. The summed E-state index contributed by atoms with van der Waals surface area (Å²) in [4.78, 5) is 4.01. The molecule has 0 unspecified atom stereocenters. The molecule has 1 nitrogen and oxygen atoms in total. The summed E-state index contributed by atoms with van der Waals surface area (Å²) in [6, 6.07) is 10.6. The van der Waals surface area contributed by atoms with Crippen molar-refractivity contribution in [2.45, 2.75) is 6.92 Å². The van der Waals surface area contributed by atoms with Crippen LogP contribution in [-0.2, 0) is 0 Å². The number of pyridine rings is 1. The fraction of sp³-hybridized carbons (Fsp3) is 0.0833. The predicted octanol–water partition coefficient (Wildman–Crippen LogP) is 3.66. The highest BCUT2D eigenvalue weighted by Gasteiger charge is 1.99. The second-order valence-corrected chi connectivity index (χ2v) is 4.36. The summed E-state index contributed by atoms with van der Waals surface area (Å²) >= 11 is 2.35. The van der Waals surface area contributed by atoms with Crippen LogP contribution < -0.4 is 0 Å². The molecule has 0 saturated carbocycles. The third-order valence-electron chi connectivity index (χ3n) is 2.17. The van der Waals surface area contributed by atoms with Crippen LogP contribution in [0.2, 0.25) is 0 Å². The van der Waals surface area contributed by atoms with Gasteiger partial charge in [0.05, 0.1) is 0 Å². The molecule has 14 heavy (non-hydrogen) atoms. The number of rotatable bonds is 1. The van der Waals surface area contributed by atoms with E-state index in [0.29, 0.717) is 0 Å². The monoisotopic (exact) mass is 295 g/mol. The molecule has 0 spiro atoms. The number of halogens is 1. The Morgan fingerprint density at radius 2 is 1.71 bits per heavy atom. The quantitative estimate of drug-likeness (QED) is 0.732. The van der Waals surface area contributed by atoms with E-state index in [-0.39, 0.29) is 0 Å². The van der Waals surface area contributed by atoms with E-state index in [4.69, 9.17) is 0 Å². The molecule has 0 aliphatic carbocycles. The third kappa shape index (κ3) is 1.95. The summed E-state index contributed by atoms with van der Waals surface area (Å²) in [6.45, 7) is 2.13. The standard InChI is InChI=1S/C12H10IN/c1-9-8-11(2-3-12(9)13)10-4-6-14-7-5-10/h2-8H,1H3. The summed E-state index contributed by atoms with van der Waals surface area (Å²) < 4.78 is 1.31. The van der Waals surface area contributed by atoms with E-state index in [1.165, 1.54) is 20.3 Å². The highest BCUT2D eigenvalue weighted by molar-refractivity contribution is 14.1. The average molecular weight is 295 g/mol. The molecule has 0 radical (unpaired) electrons. The molecular formula is C12H10IN. The Hall–Kier alpha value is -0.900. The van der Waals surface area contributed by atoms with Gasteiger partial charge in [-0.2, -0.15) is 0 Å². The fourth-order valence-corrected chi connectivity index (χ4v) is 1.70. The molecule has 70 valence electrons. The fourth-order valence-electron chi connectivity index (χ4n) is 1.37. The van der Waals surface area contributed by atoms with Gasteiger partial charge in [-0.25, -0.2) is 0 Å². The van der Waals surface area contributed by atoms with Gasteiger partial charge in [-0.05, 0) is 64.4 Å². The lowest BCUT2D eigenvalue weighted by Gasteiger charge is -2.03. The summed E-state index contributed by atoms with van der Waals surface area (Å²) in [5.74, 6) is 0. The molecule has 0 fully saturated rings. The number of aryl methyl sites for hydroxylation is 1. The van der Waals surface area contributed by atoms with Gasteiger partial charge in [-0.3, -0.25) is 4.98 Å². The number of hydrogen-bond acceptors (Lipinski definition) is 1. The molecule has 0 aliphatic rings. The van der Waals surface area contributed by atoms with Crippen LogP contribution in [0.25, 0.3) is 11.1 Å². The van der Waals surface area contributed by atoms with Crippen LogP contribution in [0.5, 0.6) is 0 Å². The van der Waals surface area contributed by atoms with Crippen molar-refractivity contribution in [1.29, 1.82) is 0 Å². The highest BCUT2D eigenvalue weighted by Crippen LogP contribution is 2.22. The van der Waals surface area contributed by atoms with Crippen molar-refractivity contribution in [3.8, 4) is 11.1 Å².